The zero-order chi connectivity index (χ0) is 23.1. The Labute approximate surface area is 188 Å². The Morgan fingerprint density at radius 1 is 0.812 bits per heavy atom. The summed E-state index contributed by atoms with van der Waals surface area (Å²) < 4.78 is 10.6. The lowest BCUT2D eigenvalue weighted by Crippen LogP contribution is -2.27. The number of hydrogen-bond donors (Lipinski definition) is 2. The normalized spacial score (nSPS) is 10.4. The predicted octanol–water partition coefficient (Wildman–Crippen LogP) is 4.55. The fourth-order valence-corrected chi connectivity index (χ4v) is 3.41. The molecular weight excluding hydrogens is 404 g/mol. The lowest BCUT2D eigenvalue weighted by atomic mass is 10.0. The maximum atomic E-state index is 12.8. The molecule has 0 aliphatic rings. The second-order valence-corrected chi connectivity index (χ2v) is 7.51. The third-order valence-corrected chi connectivity index (χ3v) is 5.20. The zero-order valence-corrected chi connectivity index (χ0v) is 18.8. The molecule has 0 spiro atoms. The van der Waals surface area contributed by atoms with Gasteiger partial charge in [0.2, 0.25) is 0 Å². The maximum Gasteiger partial charge on any atom is 0.255 e. The van der Waals surface area contributed by atoms with Crippen molar-refractivity contribution >= 4 is 17.5 Å². The van der Waals surface area contributed by atoms with E-state index in [0.29, 0.717) is 41.3 Å². The van der Waals surface area contributed by atoms with Crippen LogP contribution < -0.4 is 20.1 Å². The fraction of sp³-hybridized carbons (Fsp3) is 0.231. The van der Waals surface area contributed by atoms with Crippen molar-refractivity contribution in [3.8, 4) is 11.5 Å². The molecule has 0 radical (unpaired) electrons. The molecule has 3 aromatic rings. The van der Waals surface area contributed by atoms with Gasteiger partial charge in [0.25, 0.3) is 11.8 Å². The van der Waals surface area contributed by atoms with E-state index in [1.165, 1.54) is 0 Å². The molecule has 32 heavy (non-hydrogen) atoms. The molecule has 0 aromatic heterocycles. The number of rotatable bonds is 8. The van der Waals surface area contributed by atoms with Gasteiger partial charge in [-0.25, -0.2) is 0 Å². The fourth-order valence-electron chi connectivity index (χ4n) is 3.41. The van der Waals surface area contributed by atoms with Crippen molar-refractivity contribution in [1.29, 1.82) is 0 Å². The van der Waals surface area contributed by atoms with Crippen molar-refractivity contribution in [3.63, 3.8) is 0 Å². The Morgan fingerprint density at radius 3 is 2.31 bits per heavy atom. The largest absolute Gasteiger partial charge is 0.493 e. The summed E-state index contributed by atoms with van der Waals surface area (Å²) in [4.78, 5) is 25.6. The topological polar surface area (TPSA) is 76.7 Å². The van der Waals surface area contributed by atoms with E-state index in [1.54, 1.807) is 38.5 Å². The molecule has 3 rings (SSSR count). The number of carbonyl (C=O) groups is 2. The molecule has 0 aliphatic heterocycles. The summed E-state index contributed by atoms with van der Waals surface area (Å²) in [5.74, 6) is 0.823. The Morgan fingerprint density at radius 2 is 1.56 bits per heavy atom. The van der Waals surface area contributed by atoms with Crippen LogP contribution in [0, 0.1) is 13.8 Å². The average molecular weight is 433 g/mol. The Kier molecular flexibility index (Phi) is 7.49. The van der Waals surface area contributed by atoms with E-state index in [-0.39, 0.29) is 11.8 Å². The molecular formula is C26H28N2O4. The molecule has 0 atom stereocenters. The van der Waals surface area contributed by atoms with Crippen LogP contribution >= 0.6 is 0 Å². The first-order chi connectivity index (χ1) is 15.4. The van der Waals surface area contributed by atoms with Gasteiger partial charge in [-0.2, -0.15) is 0 Å². The molecule has 0 saturated heterocycles. The van der Waals surface area contributed by atoms with Crippen molar-refractivity contribution in [2.75, 3.05) is 26.1 Å². The van der Waals surface area contributed by atoms with Gasteiger partial charge in [0.1, 0.15) is 0 Å². The number of para-hydroxylation sites is 1. The van der Waals surface area contributed by atoms with E-state index in [0.717, 1.165) is 16.7 Å². The molecule has 0 aliphatic carbocycles. The van der Waals surface area contributed by atoms with Crippen LogP contribution in [0.3, 0.4) is 0 Å². The number of anilines is 1. The highest BCUT2D eigenvalue weighted by Crippen LogP contribution is 2.27. The zero-order valence-electron chi connectivity index (χ0n) is 18.8. The van der Waals surface area contributed by atoms with Crippen LogP contribution in [0.15, 0.2) is 60.7 Å². The maximum absolute atomic E-state index is 12.8. The van der Waals surface area contributed by atoms with E-state index in [9.17, 15) is 9.59 Å². The van der Waals surface area contributed by atoms with Gasteiger partial charge in [0, 0.05) is 12.1 Å². The smallest absolute Gasteiger partial charge is 0.255 e. The van der Waals surface area contributed by atoms with Crippen LogP contribution in [-0.4, -0.2) is 32.6 Å². The van der Waals surface area contributed by atoms with Gasteiger partial charge in [-0.15, -0.1) is 0 Å². The summed E-state index contributed by atoms with van der Waals surface area (Å²) in [7, 11) is 3.18. The number of nitrogens with one attached hydrogen (secondary N) is 2. The monoisotopic (exact) mass is 432 g/mol. The van der Waals surface area contributed by atoms with Crippen LogP contribution in [-0.2, 0) is 6.42 Å². The summed E-state index contributed by atoms with van der Waals surface area (Å²) in [6, 6.07) is 18.4. The molecule has 0 fully saturated rings. The third-order valence-electron chi connectivity index (χ3n) is 5.20. The Bertz CT molecular complexity index is 1120. The Hall–Kier alpha value is -3.80. The van der Waals surface area contributed by atoms with E-state index in [4.69, 9.17) is 9.47 Å². The van der Waals surface area contributed by atoms with Gasteiger partial charge >= 0.3 is 0 Å². The summed E-state index contributed by atoms with van der Waals surface area (Å²) in [5, 5.41) is 5.81. The molecule has 0 bridgehead atoms. The molecule has 6 nitrogen and oxygen atoms in total. The van der Waals surface area contributed by atoms with Crippen molar-refractivity contribution < 1.29 is 19.1 Å². The number of amides is 2. The summed E-state index contributed by atoms with van der Waals surface area (Å²) in [6.07, 6.45) is 0.628. The minimum absolute atomic E-state index is 0.239. The van der Waals surface area contributed by atoms with Crippen molar-refractivity contribution in [2.24, 2.45) is 0 Å². The molecule has 3 aromatic carbocycles. The van der Waals surface area contributed by atoms with Crippen LogP contribution in [0.25, 0.3) is 0 Å². The number of aryl methyl sites for hydroxylation is 2. The lowest BCUT2D eigenvalue weighted by molar-refractivity contribution is 0.0955. The molecule has 6 heteroatoms. The van der Waals surface area contributed by atoms with Gasteiger partial charge in [-0.05, 0) is 61.7 Å². The standard InChI is InChI=1S/C26H28N2O4/c1-17-9-10-18(2)21(15-17)26(30)28-22-8-6-5-7-20(22)25(29)27-14-13-19-11-12-23(31-3)24(16-19)32-4/h5-12,15-16H,13-14H2,1-4H3,(H,27,29)(H,28,30). The number of benzene rings is 3. The van der Waals surface area contributed by atoms with Gasteiger partial charge in [0.05, 0.1) is 25.5 Å². The summed E-state index contributed by atoms with van der Waals surface area (Å²) >= 11 is 0. The summed E-state index contributed by atoms with van der Waals surface area (Å²) in [5.41, 5.74) is 4.38. The van der Waals surface area contributed by atoms with Crippen molar-refractivity contribution in [3.05, 3.63) is 88.5 Å². The summed E-state index contributed by atoms with van der Waals surface area (Å²) in [6.45, 7) is 4.27. The average Bonchev–Trinajstić information content (AvgIpc) is 2.80. The second kappa shape index (κ2) is 10.5. The highest BCUT2D eigenvalue weighted by Gasteiger charge is 2.15. The lowest BCUT2D eigenvalue weighted by Gasteiger charge is -2.13. The molecule has 0 unspecified atom stereocenters. The van der Waals surface area contributed by atoms with E-state index in [2.05, 4.69) is 10.6 Å². The van der Waals surface area contributed by atoms with E-state index < -0.39 is 0 Å². The van der Waals surface area contributed by atoms with Crippen LogP contribution in [0.5, 0.6) is 11.5 Å². The van der Waals surface area contributed by atoms with Gasteiger partial charge in [-0.3, -0.25) is 9.59 Å². The number of methoxy groups -OCH3 is 2. The third kappa shape index (κ3) is 5.46. The first-order valence-electron chi connectivity index (χ1n) is 10.4. The van der Waals surface area contributed by atoms with Gasteiger partial charge in [0.15, 0.2) is 11.5 Å². The highest BCUT2D eigenvalue weighted by molar-refractivity contribution is 6.09. The first kappa shape index (κ1) is 22.9. The van der Waals surface area contributed by atoms with E-state index >= 15 is 0 Å². The van der Waals surface area contributed by atoms with Crippen LogP contribution in [0.4, 0.5) is 5.69 Å². The predicted molar refractivity (Wildman–Crippen MR) is 126 cm³/mol. The number of ether oxygens (including phenoxy) is 2. The van der Waals surface area contributed by atoms with Gasteiger partial charge in [-0.1, -0.05) is 35.9 Å². The van der Waals surface area contributed by atoms with Crippen LogP contribution in [0.1, 0.15) is 37.4 Å². The second-order valence-electron chi connectivity index (χ2n) is 7.51. The van der Waals surface area contributed by atoms with Crippen molar-refractivity contribution in [2.45, 2.75) is 20.3 Å². The van der Waals surface area contributed by atoms with Gasteiger partial charge < -0.3 is 20.1 Å². The SMILES string of the molecule is COc1ccc(CCNC(=O)c2ccccc2NC(=O)c2cc(C)ccc2C)cc1OC. The molecule has 166 valence electrons. The number of carbonyl (C=O) groups excluding carboxylic acids is 2. The first-order valence-corrected chi connectivity index (χ1v) is 10.4. The highest BCUT2D eigenvalue weighted by atomic mass is 16.5. The minimum atomic E-state index is -0.248. The molecule has 2 N–H and O–H groups in total. The van der Waals surface area contributed by atoms with Crippen LogP contribution in [0.2, 0.25) is 0 Å². The quantitative estimate of drug-likeness (QED) is 0.548. The number of hydrogen-bond acceptors (Lipinski definition) is 4. The molecule has 0 heterocycles. The van der Waals surface area contributed by atoms with Crippen molar-refractivity contribution in [1.82, 2.24) is 5.32 Å². The van der Waals surface area contributed by atoms with E-state index in [1.807, 2.05) is 50.2 Å². The molecule has 0 saturated carbocycles. The Balaban J connectivity index is 1.67. The minimum Gasteiger partial charge on any atom is -0.493 e. The molecule has 2 amide bonds.